The number of benzene rings is 2. The molecule has 1 amide bonds. The molecule has 3 heterocycles. The highest BCUT2D eigenvalue weighted by Gasteiger charge is 2.36. The van der Waals surface area contributed by atoms with E-state index in [0.29, 0.717) is 29.9 Å². The summed E-state index contributed by atoms with van der Waals surface area (Å²) < 4.78 is 48.8. The van der Waals surface area contributed by atoms with Gasteiger partial charge in [-0.2, -0.15) is 0 Å². The highest BCUT2D eigenvalue weighted by molar-refractivity contribution is 6.03. The van der Waals surface area contributed by atoms with Gasteiger partial charge in [0.05, 0.1) is 24.8 Å². The van der Waals surface area contributed by atoms with Gasteiger partial charge in [0.15, 0.2) is 17.5 Å². The summed E-state index contributed by atoms with van der Waals surface area (Å²) in [5.74, 6) is -3.65. The molecule has 5 nitrogen and oxygen atoms in total. The van der Waals surface area contributed by atoms with Crippen LogP contribution in [0.15, 0.2) is 54.5 Å². The molecule has 5 rings (SSSR count). The molecule has 0 aliphatic carbocycles. The van der Waals surface area contributed by atoms with E-state index in [9.17, 15) is 18.0 Å². The Hall–Kier alpha value is -3.81. The maximum absolute atomic E-state index is 13.9. The van der Waals surface area contributed by atoms with Crippen LogP contribution in [0.25, 0.3) is 17.5 Å². The Morgan fingerprint density at radius 2 is 1.89 bits per heavy atom. The Labute approximate surface area is 201 Å². The predicted molar refractivity (Wildman–Crippen MR) is 126 cm³/mol. The summed E-state index contributed by atoms with van der Waals surface area (Å²) in [6, 6.07) is 7.47. The largest absolute Gasteiger partial charge is 0.495 e. The average molecular weight is 480 g/mol. The van der Waals surface area contributed by atoms with Gasteiger partial charge in [0, 0.05) is 29.1 Å². The first-order valence-electron chi connectivity index (χ1n) is 11.4. The van der Waals surface area contributed by atoms with Crippen LogP contribution in [-0.2, 0) is 4.79 Å². The van der Waals surface area contributed by atoms with Crippen LogP contribution < -0.4 is 4.74 Å². The number of ether oxygens (including phenoxy) is 1. The number of rotatable bonds is 4. The van der Waals surface area contributed by atoms with Crippen molar-refractivity contribution in [1.29, 1.82) is 0 Å². The summed E-state index contributed by atoms with van der Waals surface area (Å²) in [4.78, 5) is 19.4. The number of piperidine rings is 1. The Morgan fingerprint density at radius 3 is 2.57 bits per heavy atom. The second-order valence-electron chi connectivity index (χ2n) is 8.81. The van der Waals surface area contributed by atoms with Crippen molar-refractivity contribution >= 4 is 17.7 Å². The number of fused-ring (bicyclic) bond motifs is 1. The summed E-state index contributed by atoms with van der Waals surface area (Å²) in [6.07, 6.45) is 9.97. The highest BCUT2D eigenvalue weighted by atomic mass is 19.2. The number of aryl methyl sites for hydroxylation is 1. The van der Waals surface area contributed by atoms with Crippen molar-refractivity contribution in [3.8, 4) is 11.4 Å². The van der Waals surface area contributed by atoms with Gasteiger partial charge in [-0.3, -0.25) is 4.79 Å². The van der Waals surface area contributed by atoms with Crippen molar-refractivity contribution in [2.24, 2.45) is 0 Å². The van der Waals surface area contributed by atoms with Gasteiger partial charge >= 0.3 is 0 Å². The van der Waals surface area contributed by atoms with Gasteiger partial charge in [0.2, 0.25) is 0 Å². The van der Waals surface area contributed by atoms with E-state index < -0.39 is 17.5 Å². The number of carbonyl (C=O) groups excluding carboxylic acids is 1. The topological polar surface area (TPSA) is 47.4 Å². The lowest BCUT2D eigenvalue weighted by Gasteiger charge is -2.41. The van der Waals surface area contributed by atoms with Gasteiger partial charge in [-0.15, -0.1) is 0 Å². The predicted octanol–water partition coefficient (Wildman–Crippen LogP) is 5.82. The second-order valence-corrected chi connectivity index (χ2v) is 8.81. The fourth-order valence-corrected chi connectivity index (χ4v) is 4.81. The van der Waals surface area contributed by atoms with Gasteiger partial charge in [-0.25, -0.2) is 18.2 Å². The summed E-state index contributed by atoms with van der Waals surface area (Å²) in [5, 5.41) is 0. The molecule has 0 unspecified atom stereocenters. The maximum Gasteiger partial charge on any atom is 0.254 e. The van der Waals surface area contributed by atoms with Crippen LogP contribution in [0.1, 0.15) is 42.5 Å². The molecule has 0 N–H and O–H groups in total. The number of aromatic nitrogens is 2. The van der Waals surface area contributed by atoms with E-state index in [0.717, 1.165) is 41.9 Å². The van der Waals surface area contributed by atoms with E-state index in [1.165, 1.54) is 0 Å². The Bertz CT molecular complexity index is 1350. The molecule has 2 aliphatic heterocycles. The van der Waals surface area contributed by atoms with Crippen LogP contribution in [0.5, 0.6) is 5.75 Å². The van der Waals surface area contributed by atoms with E-state index in [2.05, 4.69) is 4.98 Å². The molecule has 0 saturated carbocycles. The third kappa shape index (κ3) is 4.24. The molecule has 3 aromatic rings. The van der Waals surface area contributed by atoms with Crippen LogP contribution >= 0.6 is 0 Å². The number of hydrogen-bond acceptors (Lipinski definition) is 3. The van der Waals surface area contributed by atoms with Crippen molar-refractivity contribution in [3.05, 3.63) is 88.8 Å². The lowest BCUT2D eigenvalue weighted by Crippen LogP contribution is -2.45. The summed E-state index contributed by atoms with van der Waals surface area (Å²) >= 11 is 0. The fourth-order valence-electron chi connectivity index (χ4n) is 4.81. The maximum atomic E-state index is 13.9. The number of allylic oxidation sites excluding steroid dienone is 1. The van der Waals surface area contributed by atoms with Gasteiger partial charge < -0.3 is 14.2 Å². The quantitative estimate of drug-likeness (QED) is 0.350. The monoisotopic (exact) mass is 479 g/mol. The number of carbonyl (C=O) groups is 1. The molecule has 35 heavy (non-hydrogen) atoms. The van der Waals surface area contributed by atoms with E-state index >= 15 is 0 Å². The van der Waals surface area contributed by atoms with Gasteiger partial charge in [0.1, 0.15) is 5.75 Å². The molecule has 8 heteroatoms. The number of amides is 1. The minimum atomic E-state index is -1.52. The van der Waals surface area contributed by atoms with Crippen LogP contribution in [0.3, 0.4) is 0 Å². The fraction of sp³-hybridized carbons (Fsp3) is 0.259. The minimum Gasteiger partial charge on any atom is -0.495 e. The zero-order chi connectivity index (χ0) is 24.7. The van der Waals surface area contributed by atoms with Gasteiger partial charge in [-0.05, 0) is 68.5 Å². The SMILES string of the molecule is COc1cc(C=C2CC[C@@H]3CCC=C(c4cc(F)c(F)c(F)c4)N3C2=O)ccc1-n1cnc(C)c1. The van der Waals surface area contributed by atoms with Gasteiger partial charge in [0.25, 0.3) is 5.91 Å². The molecular weight excluding hydrogens is 455 g/mol. The first-order valence-corrected chi connectivity index (χ1v) is 11.4. The summed E-state index contributed by atoms with van der Waals surface area (Å²) in [5.41, 5.74) is 3.66. The van der Waals surface area contributed by atoms with Gasteiger partial charge in [-0.1, -0.05) is 12.1 Å². The number of imidazole rings is 1. The highest BCUT2D eigenvalue weighted by Crippen LogP contribution is 2.38. The molecule has 1 aromatic heterocycles. The lowest BCUT2D eigenvalue weighted by atomic mass is 9.88. The molecule has 1 atom stereocenters. The molecular formula is C27H24F3N3O2. The van der Waals surface area contributed by atoms with E-state index in [-0.39, 0.29) is 17.5 Å². The van der Waals surface area contributed by atoms with Crippen molar-refractivity contribution < 1.29 is 22.7 Å². The molecule has 0 bridgehead atoms. The Balaban J connectivity index is 1.48. The zero-order valence-corrected chi connectivity index (χ0v) is 19.4. The summed E-state index contributed by atoms with van der Waals surface area (Å²) in [6.45, 7) is 1.90. The lowest BCUT2D eigenvalue weighted by molar-refractivity contribution is -0.127. The standard InChI is InChI=1S/C27H24F3N3O2/c1-16-14-32(15-31-16)24-9-6-17(11-25(24)35-2)10-18-7-8-20-4-3-5-23(33(20)27(18)34)19-12-21(28)26(30)22(29)13-19/h5-6,9-15,20H,3-4,7-8H2,1-2H3/t20-/m0/s1. The third-order valence-electron chi connectivity index (χ3n) is 6.52. The van der Waals surface area contributed by atoms with E-state index in [1.807, 2.05) is 42.0 Å². The molecule has 1 fully saturated rings. The number of hydrogen-bond donors (Lipinski definition) is 0. The molecule has 180 valence electrons. The minimum absolute atomic E-state index is 0.0720. The average Bonchev–Trinajstić information content (AvgIpc) is 3.29. The van der Waals surface area contributed by atoms with Crippen LogP contribution in [0.4, 0.5) is 13.2 Å². The Morgan fingerprint density at radius 1 is 1.11 bits per heavy atom. The smallest absolute Gasteiger partial charge is 0.254 e. The zero-order valence-electron chi connectivity index (χ0n) is 19.4. The molecule has 0 radical (unpaired) electrons. The molecule has 1 saturated heterocycles. The van der Waals surface area contributed by atoms with E-state index in [4.69, 9.17) is 4.74 Å². The third-order valence-corrected chi connectivity index (χ3v) is 6.52. The molecule has 2 aliphatic rings. The van der Waals surface area contributed by atoms with Crippen LogP contribution in [0, 0.1) is 24.4 Å². The first-order chi connectivity index (χ1) is 16.9. The van der Waals surface area contributed by atoms with Crippen LogP contribution in [0.2, 0.25) is 0 Å². The Kier molecular flexibility index (Phi) is 5.96. The van der Waals surface area contributed by atoms with Crippen molar-refractivity contribution in [2.75, 3.05) is 7.11 Å². The van der Waals surface area contributed by atoms with Crippen molar-refractivity contribution in [1.82, 2.24) is 14.5 Å². The normalized spacial score (nSPS) is 19.1. The van der Waals surface area contributed by atoms with E-state index in [1.54, 1.807) is 24.4 Å². The summed E-state index contributed by atoms with van der Waals surface area (Å²) in [7, 11) is 1.58. The molecule has 0 spiro atoms. The first kappa shape index (κ1) is 23.0. The molecule has 2 aromatic carbocycles. The van der Waals surface area contributed by atoms with Crippen molar-refractivity contribution in [3.63, 3.8) is 0 Å². The van der Waals surface area contributed by atoms with Crippen molar-refractivity contribution in [2.45, 2.75) is 38.6 Å². The number of nitrogens with zero attached hydrogens (tertiary/aromatic N) is 3. The number of methoxy groups -OCH3 is 1. The number of halogens is 3. The second kappa shape index (κ2) is 9.09. The van der Waals surface area contributed by atoms with Crippen LogP contribution in [-0.4, -0.2) is 33.5 Å².